The van der Waals surface area contributed by atoms with Crippen molar-refractivity contribution in [1.82, 2.24) is 10.2 Å². The van der Waals surface area contributed by atoms with Gasteiger partial charge in [0.2, 0.25) is 5.91 Å². The van der Waals surface area contributed by atoms with Crippen LogP contribution < -0.4 is 5.32 Å². The van der Waals surface area contributed by atoms with Crippen molar-refractivity contribution in [3.05, 3.63) is 35.9 Å². The maximum absolute atomic E-state index is 12.0. The number of benzene rings is 1. The van der Waals surface area contributed by atoms with Crippen molar-refractivity contribution < 1.29 is 4.79 Å². The quantitative estimate of drug-likeness (QED) is 0.897. The molecule has 3 heteroatoms. The van der Waals surface area contributed by atoms with Crippen LogP contribution in [0.15, 0.2) is 30.3 Å². The zero-order chi connectivity index (χ0) is 13.1. The van der Waals surface area contributed by atoms with E-state index in [4.69, 9.17) is 0 Å². The zero-order valence-corrected chi connectivity index (χ0v) is 11.3. The second-order valence-electron chi connectivity index (χ2n) is 5.68. The Bertz CT molecular complexity index is 426. The molecule has 1 heterocycles. The lowest BCUT2D eigenvalue weighted by Gasteiger charge is -2.26. The van der Waals surface area contributed by atoms with Crippen LogP contribution in [0.25, 0.3) is 0 Å². The fourth-order valence-corrected chi connectivity index (χ4v) is 2.96. The predicted octanol–water partition coefficient (Wildman–Crippen LogP) is 2.14. The SMILES string of the molecule is O=C(CNC1CC1c1ccccc1)N1CCCCC1. The van der Waals surface area contributed by atoms with Gasteiger partial charge in [-0.05, 0) is 31.2 Å². The molecule has 0 spiro atoms. The van der Waals surface area contributed by atoms with Crippen molar-refractivity contribution in [2.75, 3.05) is 19.6 Å². The number of amides is 1. The van der Waals surface area contributed by atoms with Gasteiger partial charge in [-0.2, -0.15) is 0 Å². The second-order valence-corrected chi connectivity index (χ2v) is 5.68. The van der Waals surface area contributed by atoms with Crippen LogP contribution in [0.1, 0.15) is 37.2 Å². The van der Waals surface area contributed by atoms with Crippen molar-refractivity contribution in [3.8, 4) is 0 Å². The third kappa shape index (κ3) is 3.16. The van der Waals surface area contributed by atoms with Gasteiger partial charge in [0.05, 0.1) is 6.54 Å². The first-order chi connectivity index (χ1) is 9.34. The molecule has 1 amide bonds. The average molecular weight is 258 g/mol. The summed E-state index contributed by atoms with van der Waals surface area (Å²) in [5.74, 6) is 0.883. The molecule has 2 aliphatic rings. The Labute approximate surface area is 115 Å². The number of carbonyl (C=O) groups excluding carboxylic acids is 1. The van der Waals surface area contributed by atoms with Gasteiger partial charge in [0.25, 0.3) is 0 Å². The molecule has 1 N–H and O–H groups in total. The van der Waals surface area contributed by atoms with Gasteiger partial charge >= 0.3 is 0 Å². The Morgan fingerprint density at radius 2 is 1.89 bits per heavy atom. The van der Waals surface area contributed by atoms with E-state index in [0.29, 0.717) is 18.5 Å². The van der Waals surface area contributed by atoms with Crippen LogP contribution in [0.3, 0.4) is 0 Å². The molecule has 102 valence electrons. The topological polar surface area (TPSA) is 32.3 Å². The normalized spacial score (nSPS) is 26.2. The minimum atomic E-state index is 0.276. The van der Waals surface area contributed by atoms with E-state index in [1.165, 1.54) is 24.8 Å². The molecule has 2 fully saturated rings. The lowest BCUT2D eigenvalue weighted by Crippen LogP contribution is -2.41. The van der Waals surface area contributed by atoms with Crippen molar-refractivity contribution in [3.63, 3.8) is 0 Å². The molecule has 1 aliphatic carbocycles. The highest BCUT2D eigenvalue weighted by Gasteiger charge is 2.38. The summed E-state index contributed by atoms with van der Waals surface area (Å²) < 4.78 is 0. The Morgan fingerprint density at radius 3 is 2.63 bits per heavy atom. The van der Waals surface area contributed by atoms with Crippen LogP contribution in [0, 0.1) is 0 Å². The monoisotopic (exact) mass is 258 g/mol. The van der Waals surface area contributed by atoms with Crippen LogP contribution >= 0.6 is 0 Å². The number of hydrogen-bond donors (Lipinski definition) is 1. The van der Waals surface area contributed by atoms with Crippen molar-refractivity contribution in [2.24, 2.45) is 0 Å². The standard InChI is InChI=1S/C16H22N2O/c19-16(18-9-5-2-6-10-18)12-17-15-11-14(15)13-7-3-1-4-8-13/h1,3-4,7-8,14-15,17H,2,5-6,9-12H2. The van der Waals surface area contributed by atoms with E-state index in [2.05, 4.69) is 29.6 Å². The molecular formula is C16H22N2O. The van der Waals surface area contributed by atoms with Gasteiger partial charge in [-0.15, -0.1) is 0 Å². The van der Waals surface area contributed by atoms with E-state index in [1.807, 2.05) is 11.0 Å². The molecule has 0 radical (unpaired) electrons. The highest BCUT2D eigenvalue weighted by Crippen LogP contribution is 2.40. The van der Waals surface area contributed by atoms with Gasteiger partial charge in [0.15, 0.2) is 0 Å². The van der Waals surface area contributed by atoms with E-state index < -0.39 is 0 Å². The summed E-state index contributed by atoms with van der Waals surface area (Å²) in [5.41, 5.74) is 1.39. The van der Waals surface area contributed by atoms with Crippen LogP contribution in [-0.4, -0.2) is 36.5 Å². The largest absolute Gasteiger partial charge is 0.342 e. The maximum Gasteiger partial charge on any atom is 0.236 e. The van der Waals surface area contributed by atoms with E-state index in [9.17, 15) is 4.79 Å². The van der Waals surface area contributed by atoms with Crippen molar-refractivity contribution in [1.29, 1.82) is 0 Å². The fraction of sp³-hybridized carbons (Fsp3) is 0.562. The number of carbonyl (C=O) groups is 1. The summed E-state index contributed by atoms with van der Waals surface area (Å²) in [7, 11) is 0. The first-order valence-electron chi connectivity index (χ1n) is 7.41. The minimum Gasteiger partial charge on any atom is -0.342 e. The number of nitrogens with one attached hydrogen (secondary N) is 1. The summed E-state index contributed by atoms with van der Waals surface area (Å²) >= 11 is 0. The highest BCUT2D eigenvalue weighted by atomic mass is 16.2. The molecule has 1 saturated carbocycles. The molecule has 19 heavy (non-hydrogen) atoms. The summed E-state index contributed by atoms with van der Waals surface area (Å²) in [5, 5.41) is 3.41. The van der Waals surface area contributed by atoms with E-state index in [-0.39, 0.29) is 5.91 Å². The summed E-state index contributed by atoms with van der Waals surface area (Å²) in [6.45, 7) is 2.41. The van der Waals surface area contributed by atoms with Crippen LogP contribution in [0.2, 0.25) is 0 Å². The lowest BCUT2D eigenvalue weighted by atomic mass is 10.1. The Kier molecular flexibility index (Phi) is 3.83. The molecule has 2 atom stereocenters. The van der Waals surface area contributed by atoms with Gasteiger partial charge in [-0.3, -0.25) is 4.79 Å². The number of likely N-dealkylation sites (tertiary alicyclic amines) is 1. The van der Waals surface area contributed by atoms with Gasteiger partial charge in [0, 0.05) is 25.0 Å². The Morgan fingerprint density at radius 1 is 1.16 bits per heavy atom. The molecule has 3 rings (SSSR count). The molecule has 0 bridgehead atoms. The fourth-order valence-electron chi connectivity index (χ4n) is 2.96. The van der Waals surface area contributed by atoms with Crippen LogP contribution in [-0.2, 0) is 4.79 Å². The highest BCUT2D eigenvalue weighted by molar-refractivity contribution is 5.78. The second kappa shape index (κ2) is 5.74. The molecule has 1 aromatic rings. The number of nitrogens with zero attached hydrogens (tertiary/aromatic N) is 1. The van der Waals surface area contributed by atoms with Crippen molar-refractivity contribution in [2.45, 2.75) is 37.6 Å². The molecule has 1 aromatic carbocycles. The third-order valence-corrected chi connectivity index (χ3v) is 4.24. The number of rotatable bonds is 4. The van der Waals surface area contributed by atoms with Gasteiger partial charge < -0.3 is 10.2 Å². The summed E-state index contributed by atoms with van der Waals surface area (Å²) in [6.07, 6.45) is 4.77. The first-order valence-corrected chi connectivity index (χ1v) is 7.41. The number of hydrogen-bond acceptors (Lipinski definition) is 2. The molecule has 3 nitrogen and oxygen atoms in total. The van der Waals surface area contributed by atoms with Crippen LogP contribution in [0.4, 0.5) is 0 Å². The van der Waals surface area contributed by atoms with Gasteiger partial charge in [-0.1, -0.05) is 30.3 Å². The van der Waals surface area contributed by atoms with E-state index in [1.54, 1.807) is 0 Å². The van der Waals surface area contributed by atoms with E-state index in [0.717, 1.165) is 19.5 Å². The minimum absolute atomic E-state index is 0.276. The smallest absolute Gasteiger partial charge is 0.236 e. The zero-order valence-electron chi connectivity index (χ0n) is 11.3. The molecular weight excluding hydrogens is 236 g/mol. The maximum atomic E-state index is 12.0. The molecule has 0 aromatic heterocycles. The molecule has 2 unspecified atom stereocenters. The average Bonchev–Trinajstić information content (AvgIpc) is 3.26. The van der Waals surface area contributed by atoms with Crippen LogP contribution in [0.5, 0.6) is 0 Å². The molecule has 1 saturated heterocycles. The lowest BCUT2D eigenvalue weighted by molar-refractivity contribution is -0.131. The molecule has 1 aliphatic heterocycles. The number of piperidine rings is 1. The summed E-state index contributed by atoms with van der Waals surface area (Å²) in [6, 6.07) is 11.1. The van der Waals surface area contributed by atoms with Gasteiger partial charge in [-0.25, -0.2) is 0 Å². The Hall–Kier alpha value is -1.35. The third-order valence-electron chi connectivity index (χ3n) is 4.24. The summed E-state index contributed by atoms with van der Waals surface area (Å²) in [4.78, 5) is 14.0. The Balaban J connectivity index is 1.43. The predicted molar refractivity (Wildman–Crippen MR) is 76.0 cm³/mol. The van der Waals surface area contributed by atoms with Crippen molar-refractivity contribution >= 4 is 5.91 Å². The first kappa shape index (κ1) is 12.7. The van der Waals surface area contributed by atoms with Gasteiger partial charge in [0.1, 0.15) is 0 Å². The van der Waals surface area contributed by atoms with E-state index >= 15 is 0 Å².